The van der Waals surface area contributed by atoms with Crippen LogP contribution >= 0.6 is 11.6 Å². The number of methoxy groups -OCH3 is 1. The molecule has 2 aliphatic heterocycles. The highest BCUT2D eigenvalue weighted by molar-refractivity contribution is 6.30. The second-order valence-electron chi connectivity index (χ2n) is 13.1. The third-order valence-electron chi connectivity index (χ3n) is 10.7. The van der Waals surface area contributed by atoms with E-state index in [1.165, 1.54) is 37.4 Å². The van der Waals surface area contributed by atoms with Gasteiger partial charge in [0, 0.05) is 29.5 Å². The average molecular weight is 702 g/mol. The Hall–Kier alpha value is -5.23. The molecule has 11 nitrogen and oxygen atoms in total. The minimum atomic E-state index is -1.69. The van der Waals surface area contributed by atoms with Gasteiger partial charge in [0.05, 0.1) is 36.0 Å². The molecule has 0 spiro atoms. The molecule has 0 aromatic heterocycles. The number of hydrazine groups is 1. The van der Waals surface area contributed by atoms with Crippen LogP contribution in [0.1, 0.15) is 42.7 Å². The van der Waals surface area contributed by atoms with Crippen molar-refractivity contribution in [3.05, 3.63) is 100 Å². The second-order valence-corrected chi connectivity index (χ2v) is 13.5. The summed E-state index contributed by atoms with van der Waals surface area (Å²) in [5.74, 6) is -8.07. The summed E-state index contributed by atoms with van der Waals surface area (Å²) in [4.78, 5) is 69.9. The number of fused-ring (bicyclic) bond motifs is 4. The fourth-order valence-electron chi connectivity index (χ4n) is 8.64. The van der Waals surface area contributed by atoms with Crippen molar-refractivity contribution in [1.82, 2.24) is 9.91 Å². The summed E-state index contributed by atoms with van der Waals surface area (Å²) >= 11 is 6.32. The summed E-state index contributed by atoms with van der Waals surface area (Å²) < 4.78 is 19.6. The summed E-state index contributed by atoms with van der Waals surface area (Å²) in [5.41, 5.74) is 2.75. The van der Waals surface area contributed by atoms with Gasteiger partial charge in [0.1, 0.15) is 17.3 Å². The van der Waals surface area contributed by atoms with Crippen LogP contribution in [0.15, 0.2) is 78.4 Å². The Bertz CT molecular complexity index is 1950. The van der Waals surface area contributed by atoms with Crippen LogP contribution in [0.3, 0.4) is 0 Å². The lowest BCUT2D eigenvalue weighted by atomic mass is 9.49. The number of nitrogens with zero attached hydrogens (tertiary/aromatic N) is 2. The van der Waals surface area contributed by atoms with Crippen molar-refractivity contribution in [2.75, 3.05) is 19.1 Å². The van der Waals surface area contributed by atoms with Crippen molar-refractivity contribution >= 4 is 46.9 Å². The topological polar surface area (TPSA) is 154 Å². The Kier molecular flexibility index (Phi) is 8.37. The molecule has 4 aliphatic rings. The van der Waals surface area contributed by atoms with Crippen LogP contribution in [0.25, 0.3) is 0 Å². The maximum atomic E-state index is 15.2. The maximum absolute atomic E-state index is 15.2. The van der Waals surface area contributed by atoms with Gasteiger partial charge in [0.25, 0.3) is 11.8 Å². The molecule has 2 saturated heterocycles. The molecule has 2 heterocycles. The first-order valence-electron chi connectivity index (χ1n) is 16.3. The molecule has 3 N–H and O–H groups in total. The number of hydrogen-bond donors (Lipinski definition) is 3. The summed E-state index contributed by atoms with van der Waals surface area (Å²) in [6.07, 6.45) is 1.89. The van der Waals surface area contributed by atoms with Crippen molar-refractivity contribution in [3.63, 3.8) is 0 Å². The molecule has 13 heteroatoms. The van der Waals surface area contributed by atoms with Gasteiger partial charge < -0.3 is 14.9 Å². The first-order chi connectivity index (χ1) is 24.0. The van der Waals surface area contributed by atoms with Crippen LogP contribution in [-0.4, -0.2) is 63.4 Å². The number of hydrogen-bond acceptors (Lipinski definition) is 8. The van der Waals surface area contributed by atoms with Gasteiger partial charge in [-0.1, -0.05) is 41.4 Å². The van der Waals surface area contributed by atoms with Gasteiger partial charge in [0.15, 0.2) is 0 Å². The van der Waals surface area contributed by atoms with Crippen molar-refractivity contribution in [2.24, 2.45) is 23.7 Å². The number of anilines is 1. The number of imide groups is 2. The van der Waals surface area contributed by atoms with E-state index in [1.807, 2.05) is 6.08 Å². The molecule has 50 heavy (non-hydrogen) atoms. The zero-order valence-corrected chi connectivity index (χ0v) is 27.6. The van der Waals surface area contributed by atoms with Crippen LogP contribution in [0, 0.1) is 29.5 Å². The molecule has 3 aromatic carbocycles. The molecule has 4 amide bonds. The quantitative estimate of drug-likeness (QED) is 0.206. The number of likely N-dealkylation sites (tertiary alicyclic amines) is 1. The Labute approximate surface area is 291 Å². The number of aromatic hydroxyl groups is 1. The van der Waals surface area contributed by atoms with Crippen LogP contribution < -0.4 is 10.2 Å². The van der Waals surface area contributed by atoms with E-state index in [1.54, 1.807) is 36.4 Å². The fourth-order valence-corrected chi connectivity index (χ4v) is 8.77. The molecule has 7 rings (SSSR count). The van der Waals surface area contributed by atoms with Gasteiger partial charge >= 0.3 is 5.97 Å². The number of carboxylic acid groups (broad SMARTS) is 1. The maximum Gasteiger partial charge on any atom is 0.303 e. The number of benzene rings is 3. The zero-order valence-electron chi connectivity index (χ0n) is 26.8. The fraction of sp³-hybridized carbons (Fsp3) is 0.324. The van der Waals surface area contributed by atoms with E-state index >= 15 is 4.79 Å². The number of nitrogens with one attached hydrogen (secondary N) is 1. The number of carboxylic acids is 1. The second kappa shape index (κ2) is 12.6. The van der Waals surface area contributed by atoms with Gasteiger partial charge in [-0.15, -0.1) is 0 Å². The molecule has 1 saturated carbocycles. The van der Waals surface area contributed by atoms with Gasteiger partial charge in [-0.25, -0.2) is 4.39 Å². The zero-order chi connectivity index (χ0) is 35.5. The van der Waals surface area contributed by atoms with Crippen molar-refractivity contribution in [1.29, 1.82) is 0 Å². The molecule has 6 atom stereocenters. The number of rotatable bonds is 9. The standard InChI is InChI=1S/C37H33ClFN3O8/c1-50-28-5-2-4-27(43)31(28)32-23-15-16-24-30(35(48)41(33(24)46)17-3-6-29(44)45)25(23)18-26-34(47)42(40-22-13-11-21(39)12-14-22)36(49)37(26,32)19-7-9-20(38)10-8-19/h2,4-5,7-15,24-26,30,32,40,43H,3,6,16-18H2,1H3,(H,44,45)/t24-,25+,26-,30-,32+,37+/m0/s1. The van der Waals surface area contributed by atoms with E-state index in [4.69, 9.17) is 21.4 Å². The third-order valence-corrected chi connectivity index (χ3v) is 10.9. The Morgan fingerprint density at radius 3 is 2.40 bits per heavy atom. The predicted molar refractivity (Wildman–Crippen MR) is 177 cm³/mol. The molecule has 0 unspecified atom stereocenters. The van der Waals surface area contributed by atoms with Crippen molar-refractivity contribution in [2.45, 2.75) is 37.0 Å². The Morgan fingerprint density at radius 2 is 1.72 bits per heavy atom. The SMILES string of the molecule is COc1cccc(O)c1[C@H]1C2=CC[C@@H]3C(=O)N(CCCC(=O)O)C(=O)[C@@H]3[C@@H]2C[C@H]2C(=O)N(Nc3ccc(F)cc3)C(=O)[C@@]12c1ccc(Cl)cc1. The number of carbonyl (C=O) groups is 5. The van der Waals surface area contributed by atoms with Crippen LogP contribution in [0.2, 0.25) is 5.02 Å². The highest BCUT2D eigenvalue weighted by Gasteiger charge is 2.71. The number of phenols is 1. The summed E-state index contributed by atoms with van der Waals surface area (Å²) in [6, 6.07) is 16.4. The summed E-state index contributed by atoms with van der Waals surface area (Å²) in [5, 5.41) is 22.0. The number of amides is 4. The van der Waals surface area contributed by atoms with Crippen LogP contribution in [0.5, 0.6) is 11.5 Å². The normalized spacial score (nSPS) is 27.1. The average Bonchev–Trinajstić information content (AvgIpc) is 3.46. The molecule has 258 valence electrons. The number of halogens is 2. The monoisotopic (exact) mass is 701 g/mol. The molecule has 0 radical (unpaired) electrons. The first-order valence-corrected chi connectivity index (χ1v) is 16.7. The number of phenolic OH excluding ortho intramolecular Hbond substituents is 1. The molecular formula is C37H33ClFN3O8. The third kappa shape index (κ3) is 5.03. The van der Waals surface area contributed by atoms with E-state index in [2.05, 4.69) is 5.43 Å². The highest BCUT2D eigenvalue weighted by Crippen LogP contribution is 2.65. The van der Waals surface area contributed by atoms with Crippen LogP contribution in [0.4, 0.5) is 10.1 Å². The molecule has 0 bridgehead atoms. The lowest BCUT2D eigenvalue weighted by Gasteiger charge is -2.50. The first kappa shape index (κ1) is 33.3. The van der Waals surface area contributed by atoms with E-state index < -0.39 is 70.4 Å². The summed E-state index contributed by atoms with van der Waals surface area (Å²) in [7, 11) is 1.43. The van der Waals surface area contributed by atoms with Gasteiger partial charge in [0.2, 0.25) is 11.8 Å². The summed E-state index contributed by atoms with van der Waals surface area (Å²) in [6.45, 7) is -0.0549. The number of ether oxygens (including phenoxy) is 1. The Balaban J connectivity index is 1.43. The van der Waals surface area contributed by atoms with Gasteiger partial charge in [-0.3, -0.25) is 34.3 Å². The smallest absolute Gasteiger partial charge is 0.303 e. The lowest BCUT2D eigenvalue weighted by Crippen LogP contribution is -2.53. The van der Waals surface area contributed by atoms with Crippen LogP contribution in [-0.2, 0) is 29.4 Å². The molecule has 2 aliphatic carbocycles. The number of aliphatic carboxylic acids is 1. The van der Waals surface area contributed by atoms with Gasteiger partial charge in [-0.2, -0.15) is 5.01 Å². The predicted octanol–water partition coefficient (Wildman–Crippen LogP) is 5.04. The van der Waals surface area contributed by atoms with E-state index in [9.17, 15) is 28.7 Å². The molecular weight excluding hydrogens is 669 g/mol. The Morgan fingerprint density at radius 1 is 1.00 bits per heavy atom. The minimum absolute atomic E-state index is 0.0101. The van der Waals surface area contributed by atoms with Crippen molar-refractivity contribution < 1.29 is 43.3 Å². The molecule has 3 aromatic rings. The van der Waals surface area contributed by atoms with Crippen molar-refractivity contribution in [3.8, 4) is 11.5 Å². The minimum Gasteiger partial charge on any atom is -0.508 e. The molecule has 3 fully saturated rings. The highest BCUT2D eigenvalue weighted by atomic mass is 35.5. The lowest BCUT2D eigenvalue weighted by molar-refractivity contribution is -0.142. The van der Waals surface area contributed by atoms with E-state index in [0.717, 1.165) is 9.91 Å². The largest absolute Gasteiger partial charge is 0.508 e. The van der Waals surface area contributed by atoms with E-state index in [0.29, 0.717) is 16.2 Å². The van der Waals surface area contributed by atoms with E-state index in [-0.39, 0.29) is 55.0 Å². The number of allylic oxidation sites excluding steroid dienone is 2. The number of carbonyl (C=O) groups excluding carboxylic acids is 4. The van der Waals surface area contributed by atoms with Gasteiger partial charge in [-0.05, 0) is 79.3 Å².